The summed E-state index contributed by atoms with van der Waals surface area (Å²) in [5.74, 6) is 0.450. The van der Waals surface area contributed by atoms with Crippen molar-refractivity contribution in [1.29, 1.82) is 0 Å². The Balaban J connectivity index is 1.99. The molecule has 0 unspecified atom stereocenters. The topological polar surface area (TPSA) is 53.5 Å². The van der Waals surface area contributed by atoms with Gasteiger partial charge >= 0.3 is 0 Å². The molecule has 0 atom stereocenters. The number of aliphatic imine (C=N–C) groups is 1. The van der Waals surface area contributed by atoms with Gasteiger partial charge in [-0.1, -0.05) is 18.2 Å². The zero-order valence-electron chi connectivity index (χ0n) is 10.3. The van der Waals surface area contributed by atoms with Crippen LogP contribution in [0.3, 0.4) is 0 Å². The molecule has 4 nitrogen and oxygen atoms in total. The number of carbonyl (C=O) groups excluding carboxylic acids is 1. The largest absolute Gasteiger partial charge is 0.324 e. The summed E-state index contributed by atoms with van der Waals surface area (Å²) in [6, 6.07) is 7.97. The highest BCUT2D eigenvalue weighted by molar-refractivity contribution is 6.11. The lowest BCUT2D eigenvalue weighted by Crippen LogP contribution is -2.32. The van der Waals surface area contributed by atoms with Crippen LogP contribution >= 0.6 is 0 Å². The van der Waals surface area contributed by atoms with E-state index in [1.54, 1.807) is 0 Å². The third-order valence-electron chi connectivity index (χ3n) is 3.60. The van der Waals surface area contributed by atoms with Gasteiger partial charge in [-0.15, -0.1) is 0 Å². The molecule has 0 bridgehead atoms. The first-order chi connectivity index (χ1) is 8.84. The number of carbonyl (C=O) groups is 1. The lowest BCUT2D eigenvalue weighted by Gasteiger charge is -2.24. The predicted molar refractivity (Wildman–Crippen MR) is 72.1 cm³/mol. The summed E-state index contributed by atoms with van der Waals surface area (Å²) in [4.78, 5) is 16.2. The van der Waals surface area contributed by atoms with Crippen molar-refractivity contribution in [3.8, 4) is 0 Å². The van der Waals surface area contributed by atoms with Gasteiger partial charge in [-0.25, -0.2) is 0 Å². The highest BCUT2D eigenvalue weighted by atomic mass is 16.1. The monoisotopic (exact) mass is 243 g/mol. The Labute approximate surface area is 106 Å². The minimum atomic E-state index is -0.0219. The molecule has 1 fully saturated rings. The van der Waals surface area contributed by atoms with Crippen molar-refractivity contribution in [3.63, 3.8) is 0 Å². The average Bonchev–Trinajstić information content (AvgIpc) is 2.58. The molecule has 4 heteroatoms. The Hall–Kier alpha value is -1.68. The summed E-state index contributed by atoms with van der Waals surface area (Å²) in [5.41, 5.74) is 3.10. The SMILES string of the molecule is O=C1CN=C(C2CCNCC2)c2ccccc2N1. The maximum Gasteiger partial charge on any atom is 0.246 e. The number of amides is 1. The van der Waals surface area contributed by atoms with E-state index in [1.807, 2.05) is 18.2 Å². The van der Waals surface area contributed by atoms with Crippen molar-refractivity contribution in [1.82, 2.24) is 5.32 Å². The van der Waals surface area contributed by atoms with Crippen LogP contribution in [0, 0.1) is 5.92 Å². The molecule has 3 rings (SSSR count). The van der Waals surface area contributed by atoms with E-state index in [-0.39, 0.29) is 12.5 Å². The number of benzene rings is 1. The third-order valence-corrected chi connectivity index (χ3v) is 3.60. The van der Waals surface area contributed by atoms with Gasteiger partial charge in [0.05, 0.1) is 0 Å². The Bertz CT molecular complexity index is 490. The van der Waals surface area contributed by atoms with Crippen LogP contribution in [0.25, 0.3) is 0 Å². The summed E-state index contributed by atoms with van der Waals surface area (Å²) in [6.45, 7) is 2.31. The molecule has 94 valence electrons. The molecule has 0 radical (unpaired) electrons. The molecule has 1 aromatic rings. The number of anilines is 1. The van der Waals surface area contributed by atoms with Crippen LogP contribution in [0.5, 0.6) is 0 Å². The van der Waals surface area contributed by atoms with Gasteiger partial charge in [-0.2, -0.15) is 0 Å². The summed E-state index contributed by atoms with van der Waals surface area (Å²) in [5, 5.41) is 6.29. The van der Waals surface area contributed by atoms with E-state index in [9.17, 15) is 4.79 Å². The van der Waals surface area contributed by atoms with Gasteiger partial charge in [-0.05, 0) is 32.0 Å². The molecule has 0 aliphatic carbocycles. The molecule has 0 spiro atoms. The summed E-state index contributed by atoms with van der Waals surface area (Å²) in [6.07, 6.45) is 2.20. The molecule has 0 saturated carbocycles. The number of hydrogen-bond acceptors (Lipinski definition) is 3. The van der Waals surface area contributed by atoms with Gasteiger partial charge in [0.1, 0.15) is 6.54 Å². The fraction of sp³-hybridized carbons (Fsp3) is 0.429. The standard InChI is InChI=1S/C14H17N3O/c18-13-9-16-14(10-5-7-15-8-6-10)11-3-1-2-4-12(11)17-13/h1-4,10,15H,5-9H2,(H,17,18). The van der Waals surface area contributed by atoms with Crippen molar-refractivity contribution < 1.29 is 4.79 Å². The number of nitrogens with one attached hydrogen (secondary N) is 2. The number of fused-ring (bicyclic) bond motifs is 1. The lowest BCUT2D eigenvalue weighted by molar-refractivity contribution is -0.114. The van der Waals surface area contributed by atoms with Gasteiger partial charge in [0.25, 0.3) is 0 Å². The highest BCUT2D eigenvalue weighted by Gasteiger charge is 2.24. The van der Waals surface area contributed by atoms with E-state index < -0.39 is 0 Å². The van der Waals surface area contributed by atoms with E-state index >= 15 is 0 Å². The minimum Gasteiger partial charge on any atom is -0.324 e. The van der Waals surface area contributed by atoms with Crippen LogP contribution < -0.4 is 10.6 Å². The fourth-order valence-electron chi connectivity index (χ4n) is 2.69. The zero-order valence-corrected chi connectivity index (χ0v) is 10.3. The Morgan fingerprint density at radius 1 is 1.17 bits per heavy atom. The predicted octanol–water partition coefficient (Wildman–Crippen LogP) is 1.43. The van der Waals surface area contributed by atoms with Crippen molar-refractivity contribution in [3.05, 3.63) is 29.8 Å². The molecular formula is C14H17N3O. The molecule has 2 N–H and O–H groups in total. The van der Waals surface area contributed by atoms with Crippen LogP contribution in [0.1, 0.15) is 18.4 Å². The van der Waals surface area contributed by atoms with Crippen LogP contribution in [0.15, 0.2) is 29.3 Å². The van der Waals surface area contributed by atoms with Crippen LogP contribution in [-0.2, 0) is 4.79 Å². The van der Waals surface area contributed by atoms with E-state index in [2.05, 4.69) is 21.7 Å². The fourth-order valence-corrected chi connectivity index (χ4v) is 2.69. The van der Waals surface area contributed by atoms with Crippen molar-refractivity contribution in [2.45, 2.75) is 12.8 Å². The second-order valence-electron chi connectivity index (χ2n) is 4.82. The lowest BCUT2D eigenvalue weighted by atomic mass is 9.88. The second kappa shape index (κ2) is 4.90. The first kappa shape index (κ1) is 11.4. The van der Waals surface area contributed by atoms with E-state index in [0.717, 1.165) is 42.9 Å². The molecule has 0 aromatic heterocycles. The number of para-hydroxylation sites is 1. The van der Waals surface area contributed by atoms with Crippen molar-refractivity contribution >= 4 is 17.3 Å². The molecular weight excluding hydrogens is 226 g/mol. The summed E-state index contributed by atoms with van der Waals surface area (Å²) < 4.78 is 0. The van der Waals surface area contributed by atoms with Gasteiger partial charge in [0.15, 0.2) is 0 Å². The van der Waals surface area contributed by atoms with Gasteiger partial charge in [0, 0.05) is 22.9 Å². The van der Waals surface area contributed by atoms with E-state index in [4.69, 9.17) is 0 Å². The molecule has 1 aromatic carbocycles. The molecule has 2 aliphatic rings. The first-order valence-corrected chi connectivity index (χ1v) is 6.49. The quantitative estimate of drug-likeness (QED) is 0.784. The maximum atomic E-state index is 11.6. The highest BCUT2D eigenvalue weighted by Crippen LogP contribution is 2.26. The van der Waals surface area contributed by atoms with Crippen LogP contribution in [0.2, 0.25) is 0 Å². The van der Waals surface area contributed by atoms with Gasteiger partial charge in [-0.3, -0.25) is 9.79 Å². The van der Waals surface area contributed by atoms with Gasteiger partial charge < -0.3 is 10.6 Å². The normalized spacial score (nSPS) is 20.7. The van der Waals surface area contributed by atoms with Gasteiger partial charge in [0.2, 0.25) is 5.91 Å². The second-order valence-corrected chi connectivity index (χ2v) is 4.82. The number of rotatable bonds is 1. The summed E-state index contributed by atoms with van der Waals surface area (Å²) >= 11 is 0. The number of nitrogens with zero attached hydrogens (tertiary/aromatic N) is 1. The number of piperidine rings is 1. The van der Waals surface area contributed by atoms with Crippen LogP contribution in [-0.4, -0.2) is 31.3 Å². The van der Waals surface area contributed by atoms with Crippen molar-refractivity contribution in [2.24, 2.45) is 10.9 Å². The molecule has 1 amide bonds. The number of benzodiazepines with no additional fused rings is 1. The van der Waals surface area contributed by atoms with Crippen molar-refractivity contribution in [2.75, 3.05) is 25.0 Å². The molecule has 1 saturated heterocycles. The number of hydrogen-bond donors (Lipinski definition) is 2. The molecule has 2 aliphatic heterocycles. The first-order valence-electron chi connectivity index (χ1n) is 6.49. The molecule has 18 heavy (non-hydrogen) atoms. The Kier molecular flexibility index (Phi) is 3.11. The smallest absolute Gasteiger partial charge is 0.246 e. The van der Waals surface area contributed by atoms with Crippen LogP contribution in [0.4, 0.5) is 5.69 Å². The Morgan fingerprint density at radius 2 is 1.94 bits per heavy atom. The maximum absolute atomic E-state index is 11.6. The summed E-state index contributed by atoms with van der Waals surface area (Å²) in [7, 11) is 0. The van der Waals surface area contributed by atoms with E-state index in [1.165, 1.54) is 0 Å². The zero-order chi connectivity index (χ0) is 12.4. The Morgan fingerprint density at radius 3 is 2.78 bits per heavy atom. The average molecular weight is 243 g/mol. The third kappa shape index (κ3) is 2.16. The minimum absolute atomic E-state index is 0.0219. The van der Waals surface area contributed by atoms with E-state index in [0.29, 0.717) is 5.92 Å². The molecule has 2 heterocycles.